The van der Waals surface area contributed by atoms with Gasteiger partial charge in [-0.2, -0.15) is 0 Å². The van der Waals surface area contributed by atoms with Crippen molar-refractivity contribution in [2.75, 3.05) is 25.6 Å². The van der Waals surface area contributed by atoms with Crippen molar-refractivity contribution in [3.63, 3.8) is 0 Å². The third-order valence-corrected chi connectivity index (χ3v) is 3.98. The number of thioether (sulfide) groups is 1. The molecular formula is C10H16O5S. The van der Waals surface area contributed by atoms with Crippen LogP contribution in [0, 0.1) is 0 Å². The first-order valence-corrected chi connectivity index (χ1v) is 6.20. The van der Waals surface area contributed by atoms with Gasteiger partial charge in [-0.05, 0) is 19.8 Å². The lowest BCUT2D eigenvalue weighted by atomic mass is 9.99. The molecule has 0 unspecified atom stereocenters. The molecule has 0 aromatic heterocycles. The molecule has 0 spiro atoms. The van der Waals surface area contributed by atoms with Gasteiger partial charge in [0.15, 0.2) is 0 Å². The summed E-state index contributed by atoms with van der Waals surface area (Å²) in [6.07, 6.45) is 0.874. The summed E-state index contributed by atoms with van der Waals surface area (Å²) in [6, 6.07) is 0. The molecular weight excluding hydrogens is 232 g/mol. The smallest absolute Gasteiger partial charge is 0.319 e. The predicted molar refractivity (Wildman–Crippen MR) is 59.5 cm³/mol. The standard InChI is InChI=1S/C10H16O5S/c1-2-15-8(11)7-16-10(9(12)13)3-5-14-6-4-10/h2-7H2,1H3,(H,12,13). The van der Waals surface area contributed by atoms with Gasteiger partial charge in [0.1, 0.15) is 4.75 Å². The summed E-state index contributed by atoms with van der Waals surface area (Å²) in [7, 11) is 0. The lowest BCUT2D eigenvalue weighted by Crippen LogP contribution is -2.41. The van der Waals surface area contributed by atoms with Crippen LogP contribution >= 0.6 is 11.8 Å². The summed E-state index contributed by atoms with van der Waals surface area (Å²) < 4.78 is 9.03. The van der Waals surface area contributed by atoms with Gasteiger partial charge in [-0.1, -0.05) is 0 Å². The third-order valence-electron chi connectivity index (χ3n) is 2.46. The summed E-state index contributed by atoms with van der Waals surface area (Å²) >= 11 is 1.15. The second-order valence-electron chi connectivity index (χ2n) is 3.51. The van der Waals surface area contributed by atoms with Gasteiger partial charge in [0.2, 0.25) is 0 Å². The number of aliphatic carboxylic acids is 1. The molecule has 1 saturated heterocycles. The Morgan fingerprint density at radius 1 is 1.44 bits per heavy atom. The van der Waals surface area contributed by atoms with Crippen molar-refractivity contribution in [3.8, 4) is 0 Å². The molecule has 1 fully saturated rings. The van der Waals surface area contributed by atoms with Gasteiger partial charge in [0.25, 0.3) is 0 Å². The molecule has 1 aliphatic rings. The highest BCUT2D eigenvalue weighted by Crippen LogP contribution is 2.35. The molecule has 0 atom stereocenters. The highest BCUT2D eigenvalue weighted by molar-refractivity contribution is 8.02. The Balaban J connectivity index is 2.51. The monoisotopic (exact) mass is 248 g/mol. The second-order valence-corrected chi connectivity index (χ2v) is 4.86. The van der Waals surface area contributed by atoms with E-state index in [-0.39, 0.29) is 11.7 Å². The summed E-state index contributed by atoms with van der Waals surface area (Å²) in [4.78, 5) is 22.4. The minimum absolute atomic E-state index is 0.0835. The molecule has 0 amide bonds. The van der Waals surface area contributed by atoms with E-state index in [1.165, 1.54) is 0 Å². The summed E-state index contributed by atoms with van der Waals surface area (Å²) in [5, 5.41) is 9.20. The van der Waals surface area contributed by atoms with Crippen molar-refractivity contribution in [1.82, 2.24) is 0 Å². The first-order chi connectivity index (χ1) is 7.60. The average Bonchev–Trinajstić information content (AvgIpc) is 2.28. The number of carboxylic acids is 1. The summed E-state index contributed by atoms with van der Waals surface area (Å²) in [5.74, 6) is -1.15. The van der Waals surface area contributed by atoms with Crippen molar-refractivity contribution in [2.24, 2.45) is 0 Å². The zero-order valence-electron chi connectivity index (χ0n) is 9.23. The Labute approximate surface area is 98.5 Å². The van der Waals surface area contributed by atoms with Crippen LogP contribution in [0.4, 0.5) is 0 Å². The fraction of sp³-hybridized carbons (Fsp3) is 0.800. The van der Waals surface area contributed by atoms with Crippen LogP contribution in [0.25, 0.3) is 0 Å². The Hall–Kier alpha value is -0.750. The molecule has 0 bridgehead atoms. The average molecular weight is 248 g/mol. The summed E-state index contributed by atoms with van der Waals surface area (Å²) in [6.45, 7) is 2.91. The van der Waals surface area contributed by atoms with E-state index in [1.807, 2.05) is 0 Å². The van der Waals surface area contributed by atoms with Crippen LogP contribution in [0.2, 0.25) is 0 Å². The van der Waals surface area contributed by atoms with Crippen LogP contribution in [-0.4, -0.2) is 47.4 Å². The number of carbonyl (C=O) groups is 2. The minimum atomic E-state index is -0.884. The van der Waals surface area contributed by atoms with E-state index in [0.29, 0.717) is 32.7 Å². The first kappa shape index (κ1) is 13.3. The number of esters is 1. The normalized spacial score (nSPS) is 19.1. The largest absolute Gasteiger partial charge is 0.480 e. The first-order valence-electron chi connectivity index (χ1n) is 5.21. The molecule has 6 heteroatoms. The highest BCUT2D eigenvalue weighted by atomic mass is 32.2. The molecule has 1 heterocycles. The Morgan fingerprint density at radius 2 is 2.06 bits per heavy atom. The zero-order chi connectivity index (χ0) is 12.0. The molecule has 0 aromatic rings. The van der Waals surface area contributed by atoms with Crippen molar-refractivity contribution >= 4 is 23.7 Å². The lowest BCUT2D eigenvalue weighted by Gasteiger charge is -2.32. The topological polar surface area (TPSA) is 72.8 Å². The van der Waals surface area contributed by atoms with E-state index in [2.05, 4.69) is 0 Å². The van der Waals surface area contributed by atoms with Crippen LogP contribution in [0.3, 0.4) is 0 Å². The SMILES string of the molecule is CCOC(=O)CSC1(C(=O)O)CCOCC1. The van der Waals surface area contributed by atoms with E-state index >= 15 is 0 Å². The molecule has 0 radical (unpaired) electrons. The number of carbonyl (C=O) groups excluding carboxylic acids is 1. The Bertz CT molecular complexity index is 260. The van der Waals surface area contributed by atoms with Crippen molar-refractivity contribution in [2.45, 2.75) is 24.5 Å². The lowest BCUT2D eigenvalue weighted by molar-refractivity contribution is -0.142. The van der Waals surface area contributed by atoms with Gasteiger partial charge < -0.3 is 14.6 Å². The number of hydrogen-bond donors (Lipinski definition) is 1. The molecule has 1 aliphatic heterocycles. The number of carboxylic acid groups (broad SMARTS) is 1. The van der Waals surface area contributed by atoms with Gasteiger partial charge in [0.05, 0.1) is 12.4 Å². The molecule has 0 aliphatic carbocycles. The zero-order valence-corrected chi connectivity index (χ0v) is 10.0. The number of rotatable bonds is 5. The van der Waals surface area contributed by atoms with Gasteiger partial charge >= 0.3 is 11.9 Å². The maximum Gasteiger partial charge on any atom is 0.319 e. The van der Waals surface area contributed by atoms with Crippen LogP contribution in [0.15, 0.2) is 0 Å². The molecule has 5 nitrogen and oxygen atoms in total. The number of ether oxygens (including phenoxy) is 2. The van der Waals surface area contributed by atoms with Crippen LogP contribution in [0.5, 0.6) is 0 Å². The molecule has 0 saturated carbocycles. The second kappa shape index (κ2) is 6.10. The van der Waals surface area contributed by atoms with Gasteiger partial charge in [-0.25, -0.2) is 0 Å². The predicted octanol–water partition coefficient (Wildman–Crippen LogP) is 0.917. The van der Waals surface area contributed by atoms with Crippen LogP contribution in [-0.2, 0) is 19.1 Å². The third kappa shape index (κ3) is 3.38. The maximum atomic E-state index is 11.2. The van der Waals surface area contributed by atoms with Crippen LogP contribution < -0.4 is 0 Å². The number of hydrogen-bond acceptors (Lipinski definition) is 5. The van der Waals surface area contributed by atoms with Crippen molar-refractivity contribution < 1.29 is 24.2 Å². The molecule has 0 aromatic carbocycles. The minimum Gasteiger partial charge on any atom is -0.480 e. The maximum absolute atomic E-state index is 11.2. The van der Waals surface area contributed by atoms with E-state index in [1.54, 1.807) is 6.92 Å². The van der Waals surface area contributed by atoms with Gasteiger partial charge in [0, 0.05) is 13.2 Å². The van der Waals surface area contributed by atoms with E-state index < -0.39 is 10.7 Å². The molecule has 1 rings (SSSR count). The molecule has 16 heavy (non-hydrogen) atoms. The van der Waals surface area contributed by atoms with Gasteiger partial charge in [-0.3, -0.25) is 9.59 Å². The molecule has 92 valence electrons. The van der Waals surface area contributed by atoms with Gasteiger partial charge in [-0.15, -0.1) is 11.8 Å². The fourth-order valence-electron chi connectivity index (χ4n) is 1.52. The van der Waals surface area contributed by atoms with E-state index in [9.17, 15) is 14.7 Å². The fourth-order valence-corrected chi connectivity index (χ4v) is 2.58. The quantitative estimate of drug-likeness (QED) is 0.729. The highest BCUT2D eigenvalue weighted by Gasteiger charge is 2.41. The van der Waals surface area contributed by atoms with E-state index in [0.717, 1.165) is 11.8 Å². The van der Waals surface area contributed by atoms with E-state index in [4.69, 9.17) is 9.47 Å². The summed E-state index contributed by atoms with van der Waals surface area (Å²) in [5.41, 5.74) is 0. The molecule has 1 N–H and O–H groups in total. The van der Waals surface area contributed by atoms with Crippen molar-refractivity contribution in [3.05, 3.63) is 0 Å². The Morgan fingerprint density at radius 3 is 2.56 bits per heavy atom. The van der Waals surface area contributed by atoms with Crippen molar-refractivity contribution in [1.29, 1.82) is 0 Å². The van der Waals surface area contributed by atoms with Crippen LogP contribution in [0.1, 0.15) is 19.8 Å². The Kier molecular flexibility index (Phi) is 5.08.